The molecule has 1 saturated carbocycles. The third-order valence-corrected chi connectivity index (χ3v) is 0.955. The molecule has 3 heteroatoms. The standard InChI is InChI=1S/C4H8O.CH2O2/c5-3-4-1-2-4;2-1-3/h4-5H,1-3H2;1H,(H,2,3). The normalized spacial score (nSPS) is 16.1. The van der Waals surface area contributed by atoms with E-state index in [9.17, 15) is 0 Å². The quantitative estimate of drug-likeness (QED) is 0.480. The Morgan fingerprint density at radius 3 is 2.00 bits per heavy atom. The van der Waals surface area contributed by atoms with Gasteiger partial charge in [0.05, 0.1) is 0 Å². The van der Waals surface area contributed by atoms with Crippen LogP contribution >= 0.6 is 0 Å². The van der Waals surface area contributed by atoms with Gasteiger partial charge in [-0.2, -0.15) is 0 Å². The summed E-state index contributed by atoms with van der Waals surface area (Å²) in [5.74, 6) is 0.690. The van der Waals surface area contributed by atoms with E-state index in [1.165, 1.54) is 12.8 Å². The first kappa shape index (κ1) is 7.43. The molecule has 48 valence electrons. The van der Waals surface area contributed by atoms with E-state index in [4.69, 9.17) is 15.0 Å². The van der Waals surface area contributed by atoms with E-state index in [1.807, 2.05) is 0 Å². The molecule has 0 heterocycles. The Hall–Kier alpha value is -0.570. The Kier molecular flexibility index (Phi) is 4.26. The highest BCUT2D eigenvalue weighted by atomic mass is 16.3. The molecule has 0 bridgehead atoms. The summed E-state index contributed by atoms with van der Waals surface area (Å²) in [6.45, 7) is 0.167. The van der Waals surface area contributed by atoms with Crippen molar-refractivity contribution in [1.29, 1.82) is 0 Å². The second kappa shape index (κ2) is 4.59. The van der Waals surface area contributed by atoms with Crippen LogP contribution < -0.4 is 0 Å². The van der Waals surface area contributed by atoms with Crippen LogP contribution in [0.15, 0.2) is 0 Å². The van der Waals surface area contributed by atoms with Gasteiger partial charge in [0.15, 0.2) is 0 Å². The molecule has 1 fully saturated rings. The fraction of sp³-hybridized carbons (Fsp3) is 0.800. The van der Waals surface area contributed by atoms with E-state index >= 15 is 0 Å². The number of aliphatic hydroxyl groups is 1. The Balaban J connectivity index is 0.000000145. The Morgan fingerprint density at radius 1 is 1.62 bits per heavy atom. The maximum Gasteiger partial charge on any atom is 0.290 e. The van der Waals surface area contributed by atoms with Crippen LogP contribution in [0.25, 0.3) is 0 Å². The topological polar surface area (TPSA) is 57.5 Å². The lowest BCUT2D eigenvalue weighted by Gasteiger charge is -1.73. The minimum absolute atomic E-state index is 0.250. The van der Waals surface area contributed by atoms with Crippen LogP contribution in [0.5, 0.6) is 0 Å². The highest BCUT2D eigenvalue weighted by molar-refractivity contribution is 5.32. The minimum Gasteiger partial charge on any atom is -0.483 e. The van der Waals surface area contributed by atoms with E-state index in [1.54, 1.807) is 0 Å². The van der Waals surface area contributed by atoms with E-state index in [0.717, 1.165) is 0 Å². The van der Waals surface area contributed by atoms with Crippen molar-refractivity contribution in [3.05, 3.63) is 0 Å². The van der Waals surface area contributed by atoms with Gasteiger partial charge >= 0.3 is 0 Å². The molecule has 0 aromatic heterocycles. The van der Waals surface area contributed by atoms with Crippen molar-refractivity contribution in [2.45, 2.75) is 12.8 Å². The van der Waals surface area contributed by atoms with Gasteiger partial charge in [-0.3, -0.25) is 4.79 Å². The van der Waals surface area contributed by atoms with Crippen molar-refractivity contribution in [2.24, 2.45) is 5.92 Å². The SMILES string of the molecule is O=CO.OCC1CC1. The van der Waals surface area contributed by atoms with Crippen molar-refractivity contribution in [1.82, 2.24) is 0 Å². The van der Waals surface area contributed by atoms with Gasteiger partial charge in [-0.25, -0.2) is 0 Å². The van der Waals surface area contributed by atoms with E-state index in [-0.39, 0.29) is 6.47 Å². The molecule has 2 N–H and O–H groups in total. The monoisotopic (exact) mass is 118 g/mol. The molecular formula is C5H10O3. The van der Waals surface area contributed by atoms with Crippen LogP contribution in [0.3, 0.4) is 0 Å². The number of carbonyl (C=O) groups is 1. The molecule has 1 aliphatic carbocycles. The van der Waals surface area contributed by atoms with Crippen molar-refractivity contribution in [3.8, 4) is 0 Å². The molecule has 0 unspecified atom stereocenters. The molecule has 0 aromatic rings. The summed E-state index contributed by atoms with van der Waals surface area (Å²) < 4.78 is 0. The number of hydrogen-bond acceptors (Lipinski definition) is 2. The van der Waals surface area contributed by atoms with Crippen LogP contribution in [-0.4, -0.2) is 23.3 Å². The highest BCUT2D eigenvalue weighted by Gasteiger charge is 2.18. The summed E-state index contributed by atoms with van der Waals surface area (Å²) in [7, 11) is 0. The Morgan fingerprint density at radius 2 is 2.00 bits per heavy atom. The predicted molar refractivity (Wildman–Crippen MR) is 28.5 cm³/mol. The summed E-state index contributed by atoms with van der Waals surface area (Å²) in [6, 6.07) is 0. The zero-order chi connectivity index (χ0) is 6.41. The van der Waals surface area contributed by atoms with E-state index in [0.29, 0.717) is 12.5 Å². The van der Waals surface area contributed by atoms with Crippen LogP contribution in [0.4, 0.5) is 0 Å². The molecule has 0 aliphatic heterocycles. The van der Waals surface area contributed by atoms with Crippen molar-refractivity contribution >= 4 is 6.47 Å². The van der Waals surface area contributed by atoms with Gasteiger partial charge < -0.3 is 10.2 Å². The number of carboxylic acid groups (broad SMARTS) is 1. The molecule has 3 nitrogen and oxygen atoms in total. The maximum absolute atomic E-state index is 8.36. The molecule has 0 amide bonds. The van der Waals surface area contributed by atoms with Crippen LogP contribution in [0, 0.1) is 5.92 Å². The second-order valence-corrected chi connectivity index (χ2v) is 1.73. The molecule has 0 spiro atoms. The third kappa shape index (κ3) is 5.43. The largest absolute Gasteiger partial charge is 0.483 e. The van der Waals surface area contributed by atoms with Gasteiger partial charge in [0.25, 0.3) is 6.47 Å². The maximum atomic E-state index is 8.36. The van der Waals surface area contributed by atoms with Gasteiger partial charge in [-0.1, -0.05) is 0 Å². The number of hydrogen-bond donors (Lipinski definition) is 2. The first-order valence-corrected chi connectivity index (χ1v) is 2.53. The summed E-state index contributed by atoms with van der Waals surface area (Å²) in [5.41, 5.74) is 0. The summed E-state index contributed by atoms with van der Waals surface area (Å²) >= 11 is 0. The fourth-order valence-electron chi connectivity index (χ4n) is 0.300. The molecule has 0 aromatic carbocycles. The summed E-state index contributed by atoms with van der Waals surface area (Å²) in [6.07, 6.45) is 2.52. The highest BCUT2D eigenvalue weighted by Crippen LogP contribution is 2.27. The number of aliphatic hydroxyl groups excluding tert-OH is 1. The molecule has 0 atom stereocenters. The Labute approximate surface area is 47.9 Å². The summed E-state index contributed by atoms with van der Waals surface area (Å²) in [5, 5.41) is 15.1. The third-order valence-electron chi connectivity index (χ3n) is 0.955. The lowest BCUT2D eigenvalue weighted by atomic mass is 10.5. The van der Waals surface area contributed by atoms with Crippen molar-refractivity contribution in [2.75, 3.05) is 6.61 Å². The number of rotatable bonds is 1. The lowest BCUT2D eigenvalue weighted by Crippen LogP contribution is -1.78. The van der Waals surface area contributed by atoms with Gasteiger partial charge in [-0.15, -0.1) is 0 Å². The van der Waals surface area contributed by atoms with Crippen LogP contribution in [-0.2, 0) is 4.79 Å². The second-order valence-electron chi connectivity index (χ2n) is 1.73. The zero-order valence-electron chi connectivity index (χ0n) is 4.58. The minimum atomic E-state index is -0.250. The molecular weight excluding hydrogens is 108 g/mol. The smallest absolute Gasteiger partial charge is 0.290 e. The first-order valence-electron chi connectivity index (χ1n) is 2.53. The molecule has 1 rings (SSSR count). The average molecular weight is 118 g/mol. The molecule has 0 saturated heterocycles. The predicted octanol–water partition coefficient (Wildman–Crippen LogP) is 0.0895. The van der Waals surface area contributed by atoms with E-state index < -0.39 is 0 Å². The molecule has 8 heavy (non-hydrogen) atoms. The summed E-state index contributed by atoms with van der Waals surface area (Å²) in [4.78, 5) is 8.36. The zero-order valence-corrected chi connectivity index (χ0v) is 4.58. The van der Waals surface area contributed by atoms with Crippen molar-refractivity contribution in [3.63, 3.8) is 0 Å². The average Bonchev–Trinajstić information content (AvgIpc) is 2.48. The van der Waals surface area contributed by atoms with E-state index in [2.05, 4.69) is 0 Å². The Bertz CT molecular complexity index is 58.7. The van der Waals surface area contributed by atoms with Crippen molar-refractivity contribution < 1.29 is 15.0 Å². The fourth-order valence-corrected chi connectivity index (χ4v) is 0.300. The lowest BCUT2D eigenvalue weighted by molar-refractivity contribution is -0.122. The van der Waals surface area contributed by atoms with Gasteiger partial charge in [-0.05, 0) is 18.8 Å². The molecule has 0 radical (unpaired) electrons. The van der Waals surface area contributed by atoms with Gasteiger partial charge in [0.2, 0.25) is 0 Å². The van der Waals surface area contributed by atoms with Crippen LogP contribution in [0.1, 0.15) is 12.8 Å². The molecule has 1 aliphatic rings. The van der Waals surface area contributed by atoms with Gasteiger partial charge in [0.1, 0.15) is 0 Å². The van der Waals surface area contributed by atoms with Gasteiger partial charge in [0, 0.05) is 6.61 Å². The first-order chi connectivity index (χ1) is 3.85. The van der Waals surface area contributed by atoms with Crippen LogP contribution in [0.2, 0.25) is 0 Å².